The van der Waals surface area contributed by atoms with Crippen LogP contribution < -0.4 is 0 Å². The van der Waals surface area contributed by atoms with E-state index in [1.807, 2.05) is 12.1 Å². The van der Waals surface area contributed by atoms with Gasteiger partial charge in [0.1, 0.15) is 0 Å². The molecular formula is C19H32O2S. The minimum atomic E-state index is -1.85. The number of hydrogen-bond acceptors (Lipinski definition) is 1. The highest BCUT2D eigenvalue weighted by Gasteiger charge is 1.99. The van der Waals surface area contributed by atoms with Crippen molar-refractivity contribution in [1.82, 2.24) is 0 Å². The standard InChI is InChI=1S/C19H32O2S/c1-2-3-4-5-6-7-8-9-10-11-12-13-18-14-16-19(17-15-18)22(20)21/h14-17H,2-13H2,1H3,(H,20,21). The van der Waals surface area contributed by atoms with Crippen molar-refractivity contribution in [2.75, 3.05) is 0 Å². The molecule has 0 bridgehead atoms. The summed E-state index contributed by atoms with van der Waals surface area (Å²) in [4.78, 5) is 0.489. The minimum absolute atomic E-state index is 0.489. The van der Waals surface area contributed by atoms with Gasteiger partial charge in [-0.1, -0.05) is 83.3 Å². The van der Waals surface area contributed by atoms with Crippen LogP contribution in [0.5, 0.6) is 0 Å². The summed E-state index contributed by atoms with van der Waals surface area (Å²) < 4.78 is 19.8. The third-order valence-corrected chi connectivity index (χ3v) is 4.87. The summed E-state index contributed by atoms with van der Waals surface area (Å²) in [5.74, 6) is 0. The molecule has 1 N–H and O–H groups in total. The van der Waals surface area contributed by atoms with Crippen LogP contribution in [0.2, 0.25) is 0 Å². The first-order valence-electron chi connectivity index (χ1n) is 8.94. The first-order valence-corrected chi connectivity index (χ1v) is 10.0. The molecule has 3 heteroatoms. The van der Waals surface area contributed by atoms with Gasteiger partial charge in [0.25, 0.3) is 0 Å². The zero-order valence-electron chi connectivity index (χ0n) is 14.1. The van der Waals surface area contributed by atoms with Gasteiger partial charge in [0, 0.05) is 0 Å². The molecule has 0 radical (unpaired) electrons. The summed E-state index contributed by atoms with van der Waals surface area (Å²) in [7, 11) is 0. The Hall–Kier alpha value is -0.670. The number of unbranched alkanes of at least 4 members (excludes halogenated alkanes) is 10. The average molecular weight is 325 g/mol. The lowest BCUT2D eigenvalue weighted by Gasteiger charge is -2.04. The van der Waals surface area contributed by atoms with E-state index in [2.05, 4.69) is 6.92 Å². The maximum Gasteiger partial charge on any atom is 0.186 e. The van der Waals surface area contributed by atoms with Crippen LogP contribution in [0.4, 0.5) is 0 Å². The Bertz CT molecular complexity index is 400. The van der Waals surface area contributed by atoms with Gasteiger partial charge in [-0.2, -0.15) is 0 Å². The summed E-state index contributed by atoms with van der Waals surface area (Å²) in [6.45, 7) is 2.27. The highest BCUT2D eigenvalue weighted by atomic mass is 32.2. The molecule has 1 unspecified atom stereocenters. The monoisotopic (exact) mass is 324 g/mol. The van der Waals surface area contributed by atoms with Crippen molar-refractivity contribution in [1.29, 1.82) is 0 Å². The third-order valence-electron chi connectivity index (χ3n) is 4.19. The molecule has 1 aromatic rings. The second-order valence-electron chi connectivity index (χ2n) is 6.18. The van der Waals surface area contributed by atoms with Crippen LogP contribution in [0.15, 0.2) is 29.2 Å². The normalized spacial score (nSPS) is 12.5. The molecule has 0 aromatic heterocycles. The molecule has 0 aliphatic heterocycles. The second-order valence-corrected chi connectivity index (χ2v) is 7.15. The highest BCUT2D eigenvalue weighted by Crippen LogP contribution is 2.14. The van der Waals surface area contributed by atoms with Crippen LogP contribution in [0, 0.1) is 0 Å². The van der Waals surface area contributed by atoms with Crippen LogP contribution in [-0.2, 0) is 17.5 Å². The lowest BCUT2D eigenvalue weighted by atomic mass is 10.0. The maximum atomic E-state index is 10.9. The van der Waals surface area contributed by atoms with E-state index >= 15 is 0 Å². The molecule has 0 aliphatic carbocycles. The van der Waals surface area contributed by atoms with Crippen molar-refractivity contribution in [2.45, 2.75) is 88.9 Å². The predicted octanol–water partition coefficient (Wildman–Crippen LogP) is 6.12. The number of aryl methyl sites for hydroxylation is 1. The lowest BCUT2D eigenvalue weighted by molar-refractivity contribution is 0.549. The molecule has 0 aliphatic rings. The molecule has 2 nitrogen and oxygen atoms in total. The van der Waals surface area contributed by atoms with Crippen molar-refractivity contribution in [3.63, 3.8) is 0 Å². The molecule has 0 saturated heterocycles. The Morgan fingerprint density at radius 3 is 1.68 bits per heavy atom. The van der Waals surface area contributed by atoms with E-state index < -0.39 is 11.1 Å². The van der Waals surface area contributed by atoms with E-state index in [-0.39, 0.29) is 0 Å². The Morgan fingerprint density at radius 1 is 0.773 bits per heavy atom. The van der Waals surface area contributed by atoms with Gasteiger partial charge in [-0.25, -0.2) is 4.21 Å². The third kappa shape index (κ3) is 9.37. The zero-order chi connectivity index (χ0) is 16.0. The van der Waals surface area contributed by atoms with Gasteiger partial charge in [-0.15, -0.1) is 0 Å². The quantitative estimate of drug-likeness (QED) is 0.350. The average Bonchev–Trinajstić information content (AvgIpc) is 2.53. The summed E-state index contributed by atoms with van der Waals surface area (Å²) >= 11 is -1.85. The van der Waals surface area contributed by atoms with Crippen molar-refractivity contribution >= 4 is 11.1 Å². The molecule has 0 heterocycles. The van der Waals surface area contributed by atoms with Gasteiger partial charge in [0.15, 0.2) is 11.1 Å². The molecule has 1 aromatic carbocycles. The summed E-state index contributed by atoms with van der Waals surface area (Å²) in [5.41, 5.74) is 1.27. The van der Waals surface area contributed by atoms with Crippen LogP contribution in [0.25, 0.3) is 0 Å². The summed E-state index contributed by atoms with van der Waals surface area (Å²) in [6, 6.07) is 7.45. The van der Waals surface area contributed by atoms with Gasteiger partial charge in [0.2, 0.25) is 0 Å². The summed E-state index contributed by atoms with van der Waals surface area (Å²) in [6.07, 6.45) is 16.1. The second kappa shape index (κ2) is 12.8. The highest BCUT2D eigenvalue weighted by molar-refractivity contribution is 7.79. The Kier molecular flexibility index (Phi) is 11.3. The molecular weight excluding hydrogens is 292 g/mol. The molecule has 0 spiro atoms. The van der Waals surface area contributed by atoms with Crippen LogP contribution in [0.3, 0.4) is 0 Å². The number of rotatable bonds is 13. The molecule has 22 heavy (non-hydrogen) atoms. The van der Waals surface area contributed by atoms with E-state index in [4.69, 9.17) is 4.55 Å². The first kappa shape index (κ1) is 19.4. The maximum absolute atomic E-state index is 10.9. The van der Waals surface area contributed by atoms with Gasteiger partial charge in [-0.3, -0.25) is 0 Å². The van der Waals surface area contributed by atoms with Crippen molar-refractivity contribution in [3.05, 3.63) is 29.8 Å². The lowest BCUT2D eigenvalue weighted by Crippen LogP contribution is -1.90. The minimum Gasteiger partial charge on any atom is -0.302 e. The molecule has 0 fully saturated rings. The van der Waals surface area contributed by atoms with Crippen molar-refractivity contribution < 1.29 is 8.76 Å². The summed E-state index contributed by atoms with van der Waals surface area (Å²) in [5, 5.41) is 0. The zero-order valence-corrected chi connectivity index (χ0v) is 14.9. The topological polar surface area (TPSA) is 37.3 Å². The number of benzene rings is 1. The van der Waals surface area contributed by atoms with Gasteiger partial charge in [0.05, 0.1) is 4.90 Å². The molecule has 0 saturated carbocycles. The SMILES string of the molecule is CCCCCCCCCCCCCc1ccc(S(=O)O)cc1. The van der Waals surface area contributed by atoms with Crippen LogP contribution in [0.1, 0.15) is 83.1 Å². The molecule has 1 rings (SSSR count). The van der Waals surface area contributed by atoms with E-state index in [1.54, 1.807) is 12.1 Å². The fourth-order valence-electron chi connectivity index (χ4n) is 2.77. The van der Waals surface area contributed by atoms with E-state index in [0.717, 1.165) is 6.42 Å². The predicted molar refractivity (Wildman–Crippen MR) is 95.6 cm³/mol. The molecule has 0 amide bonds. The van der Waals surface area contributed by atoms with Crippen molar-refractivity contribution in [3.8, 4) is 0 Å². The smallest absolute Gasteiger partial charge is 0.186 e. The van der Waals surface area contributed by atoms with Crippen LogP contribution >= 0.6 is 0 Å². The first-order chi connectivity index (χ1) is 10.7. The van der Waals surface area contributed by atoms with Gasteiger partial charge < -0.3 is 4.55 Å². The Morgan fingerprint density at radius 2 is 1.23 bits per heavy atom. The fraction of sp³-hybridized carbons (Fsp3) is 0.684. The molecule has 126 valence electrons. The largest absolute Gasteiger partial charge is 0.302 e. The van der Waals surface area contributed by atoms with Gasteiger partial charge >= 0.3 is 0 Å². The molecule has 1 atom stereocenters. The van der Waals surface area contributed by atoms with E-state index in [1.165, 1.54) is 76.2 Å². The van der Waals surface area contributed by atoms with Crippen LogP contribution in [-0.4, -0.2) is 8.76 Å². The number of hydrogen-bond donors (Lipinski definition) is 1. The Balaban J connectivity index is 1.94. The van der Waals surface area contributed by atoms with Crippen molar-refractivity contribution in [2.24, 2.45) is 0 Å². The van der Waals surface area contributed by atoms with E-state index in [9.17, 15) is 4.21 Å². The van der Waals surface area contributed by atoms with E-state index in [0.29, 0.717) is 4.90 Å². The van der Waals surface area contributed by atoms with Gasteiger partial charge in [-0.05, 0) is 30.5 Å². The fourth-order valence-corrected chi connectivity index (χ4v) is 3.13. The Labute approximate surface area is 139 Å².